The van der Waals surface area contributed by atoms with E-state index < -0.39 is 0 Å². The molecule has 0 atom stereocenters. The Labute approximate surface area is 160 Å². The van der Waals surface area contributed by atoms with Crippen molar-refractivity contribution in [1.82, 2.24) is 4.98 Å². The van der Waals surface area contributed by atoms with Gasteiger partial charge in [-0.15, -0.1) is 0 Å². The summed E-state index contributed by atoms with van der Waals surface area (Å²) in [4.78, 5) is 8.06. The summed E-state index contributed by atoms with van der Waals surface area (Å²) in [6.45, 7) is 2.06. The fourth-order valence-corrected chi connectivity index (χ4v) is 3.41. The predicted octanol–water partition coefficient (Wildman–Crippen LogP) is 4.32. The molecule has 6 heteroatoms. The Kier molecular flexibility index (Phi) is 5.17. The number of aryl methyl sites for hydroxylation is 1. The fourth-order valence-electron chi connectivity index (χ4n) is 2.65. The Morgan fingerprint density at radius 1 is 1.08 bits per heavy atom. The quantitative estimate of drug-likeness (QED) is 0.691. The van der Waals surface area contributed by atoms with E-state index in [1.165, 1.54) is 0 Å². The van der Waals surface area contributed by atoms with Gasteiger partial charge in [-0.1, -0.05) is 0 Å². The maximum Gasteiger partial charge on any atom is 0.146 e. The van der Waals surface area contributed by atoms with Gasteiger partial charge in [-0.25, -0.2) is 4.99 Å². The van der Waals surface area contributed by atoms with Crippen LogP contribution in [-0.2, 0) is 4.74 Å². The molecule has 0 saturated carbocycles. The molecular weight excluding hydrogens is 431 g/mol. The van der Waals surface area contributed by atoms with Crippen LogP contribution < -0.4 is 9.47 Å². The second-order valence-electron chi connectivity index (χ2n) is 5.52. The lowest BCUT2D eigenvalue weighted by atomic mass is 10.1. The molecule has 0 bridgehead atoms. The van der Waals surface area contributed by atoms with Gasteiger partial charge < -0.3 is 19.2 Å². The number of allylic oxidation sites excluding steroid dienone is 1. The van der Waals surface area contributed by atoms with E-state index in [1.54, 1.807) is 21.3 Å². The minimum absolute atomic E-state index is 0.705. The van der Waals surface area contributed by atoms with Gasteiger partial charge in [-0.2, -0.15) is 0 Å². The summed E-state index contributed by atoms with van der Waals surface area (Å²) < 4.78 is 17.3. The van der Waals surface area contributed by atoms with E-state index in [1.807, 2.05) is 30.4 Å². The molecule has 25 heavy (non-hydrogen) atoms. The standard InChI is InChI=1S/C19H19IN2O3/c1-11-7-19(20)22-14(11)9-16-18(25-4)10-15(21-16)13-6-5-12(23-2)8-17(13)24-3/h5-10,22H,1-4H3/b16-9-. The number of halogens is 1. The third kappa shape index (κ3) is 3.58. The molecule has 1 N–H and O–H groups in total. The van der Waals surface area contributed by atoms with Crippen LogP contribution in [0.3, 0.4) is 0 Å². The van der Waals surface area contributed by atoms with E-state index in [4.69, 9.17) is 19.2 Å². The maximum absolute atomic E-state index is 5.51. The van der Waals surface area contributed by atoms with Gasteiger partial charge in [0.1, 0.15) is 23.0 Å². The molecule has 1 aliphatic heterocycles. The summed E-state index contributed by atoms with van der Waals surface area (Å²) in [6.07, 6.45) is 3.91. The molecule has 0 fully saturated rings. The molecule has 3 rings (SSSR count). The number of ether oxygens (including phenoxy) is 3. The van der Waals surface area contributed by atoms with Crippen molar-refractivity contribution in [2.45, 2.75) is 6.92 Å². The minimum Gasteiger partial charge on any atom is -0.497 e. The Morgan fingerprint density at radius 3 is 2.48 bits per heavy atom. The van der Waals surface area contributed by atoms with Gasteiger partial charge >= 0.3 is 0 Å². The van der Waals surface area contributed by atoms with Crippen molar-refractivity contribution in [3.05, 3.63) is 62.3 Å². The highest BCUT2D eigenvalue weighted by Gasteiger charge is 2.20. The zero-order chi connectivity index (χ0) is 18.0. The Morgan fingerprint density at radius 2 is 1.88 bits per heavy atom. The molecule has 0 spiro atoms. The van der Waals surface area contributed by atoms with Crippen LogP contribution in [-0.4, -0.2) is 32.0 Å². The molecule has 0 saturated heterocycles. The first-order valence-corrected chi connectivity index (χ1v) is 8.77. The SMILES string of the molecule is COC1=CC(c2ccc(OC)cc2OC)=N/C1=C\c1[nH]c(I)cc1C. The first-order chi connectivity index (χ1) is 12.0. The third-order valence-corrected chi connectivity index (χ3v) is 4.55. The lowest BCUT2D eigenvalue weighted by molar-refractivity contribution is 0.303. The summed E-state index contributed by atoms with van der Waals surface area (Å²) in [5, 5.41) is 0. The number of nitrogens with zero attached hydrogens (tertiary/aromatic N) is 1. The van der Waals surface area contributed by atoms with Crippen LogP contribution in [0.5, 0.6) is 11.5 Å². The van der Waals surface area contributed by atoms with E-state index in [0.717, 1.165) is 43.4 Å². The van der Waals surface area contributed by atoms with Crippen LogP contribution >= 0.6 is 22.6 Å². The number of aromatic amines is 1. The van der Waals surface area contributed by atoms with E-state index in [0.29, 0.717) is 5.75 Å². The zero-order valence-corrected chi connectivity index (χ0v) is 16.7. The molecule has 2 aromatic rings. The number of aliphatic imine (C=N–C) groups is 1. The Balaban J connectivity index is 2.04. The molecule has 1 aromatic heterocycles. The second kappa shape index (κ2) is 7.35. The molecule has 0 radical (unpaired) electrons. The highest BCUT2D eigenvalue weighted by atomic mass is 127. The number of nitrogens with one attached hydrogen (secondary N) is 1. The number of benzene rings is 1. The van der Waals surface area contributed by atoms with E-state index in [9.17, 15) is 0 Å². The normalized spacial score (nSPS) is 15.2. The number of aromatic nitrogens is 1. The number of hydrogen-bond acceptors (Lipinski definition) is 4. The highest BCUT2D eigenvalue weighted by molar-refractivity contribution is 14.1. The van der Waals surface area contributed by atoms with Gasteiger partial charge in [0.25, 0.3) is 0 Å². The van der Waals surface area contributed by atoms with E-state index in [-0.39, 0.29) is 0 Å². The van der Waals surface area contributed by atoms with Crippen molar-refractivity contribution < 1.29 is 14.2 Å². The van der Waals surface area contributed by atoms with Crippen molar-refractivity contribution >= 4 is 34.4 Å². The monoisotopic (exact) mass is 450 g/mol. The average Bonchev–Trinajstić information content (AvgIpc) is 3.16. The smallest absolute Gasteiger partial charge is 0.146 e. The number of hydrogen-bond donors (Lipinski definition) is 1. The molecule has 0 aliphatic carbocycles. The molecule has 1 aliphatic rings. The average molecular weight is 450 g/mol. The Bertz CT molecular complexity index is 894. The summed E-state index contributed by atoms with van der Waals surface area (Å²) in [5.74, 6) is 2.16. The van der Waals surface area contributed by atoms with Crippen LogP contribution in [0.2, 0.25) is 0 Å². The van der Waals surface area contributed by atoms with Gasteiger partial charge in [0.15, 0.2) is 0 Å². The molecule has 2 heterocycles. The van der Waals surface area contributed by atoms with Gasteiger partial charge in [0, 0.05) is 23.4 Å². The summed E-state index contributed by atoms with van der Waals surface area (Å²) in [6, 6.07) is 7.76. The van der Waals surface area contributed by atoms with Crippen LogP contribution in [0.1, 0.15) is 16.8 Å². The van der Waals surface area contributed by atoms with Crippen LogP contribution in [0, 0.1) is 10.6 Å². The van der Waals surface area contributed by atoms with Crippen molar-refractivity contribution in [3.63, 3.8) is 0 Å². The lowest BCUT2D eigenvalue weighted by Crippen LogP contribution is -1.99. The topological polar surface area (TPSA) is 55.8 Å². The van der Waals surface area contributed by atoms with Crippen molar-refractivity contribution in [2.24, 2.45) is 4.99 Å². The third-order valence-electron chi connectivity index (χ3n) is 3.97. The number of rotatable bonds is 5. The molecule has 130 valence electrons. The summed E-state index contributed by atoms with van der Waals surface area (Å²) >= 11 is 2.26. The van der Waals surface area contributed by atoms with Gasteiger partial charge in [0.2, 0.25) is 0 Å². The van der Waals surface area contributed by atoms with Gasteiger partial charge in [0.05, 0.1) is 30.7 Å². The number of methoxy groups -OCH3 is 3. The predicted molar refractivity (Wildman–Crippen MR) is 107 cm³/mol. The molecule has 0 amide bonds. The Hall–Kier alpha value is -2.22. The molecule has 5 nitrogen and oxygen atoms in total. The van der Waals surface area contributed by atoms with Crippen molar-refractivity contribution in [1.29, 1.82) is 0 Å². The molecular formula is C19H19IN2O3. The first kappa shape index (κ1) is 17.6. The van der Waals surface area contributed by atoms with Crippen molar-refractivity contribution in [2.75, 3.05) is 21.3 Å². The van der Waals surface area contributed by atoms with Crippen molar-refractivity contribution in [3.8, 4) is 11.5 Å². The first-order valence-electron chi connectivity index (χ1n) is 7.69. The van der Waals surface area contributed by atoms with E-state index in [2.05, 4.69) is 40.6 Å². The van der Waals surface area contributed by atoms with Crippen LogP contribution in [0.4, 0.5) is 0 Å². The molecule has 0 unspecified atom stereocenters. The lowest BCUT2D eigenvalue weighted by Gasteiger charge is -2.09. The largest absolute Gasteiger partial charge is 0.497 e. The maximum atomic E-state index is 5.51. The second-order valence-corrected chi connectivity index (χ2v) is 6.68. The highest BCUT2D eigenvalue weighted by Crippen LogP contribution is 2.31. The zero-order valence-electron chi connectivity index (χ0n) is 14.5. The number of H-pyrrole nitrogens is 1. The molecule has 1 aromatic carbocycles. The summed E-state index contributed by atoms with van der Waals surface area (Å²) in [5.41, 5.74) is 4.64. The van der Waals surface area contributed by atoms with Gasteiger partial charge in [-0.3, -0.25) is 0 Å². The minimum atomic E-state index is 0.705. The van der Waals surface area contributed by atoms with Crippen LogP contribution in [0.15, 0.2) is 46.8 Å². The fraction of sp³-hybridized carbons (Fsp3) is 0.211. The van der Waals surface area contributed by atoms with E-state index >= 15 is 0 Å². The summed E-state index contributed by atoms with van der Waals surface area (Å²) in [7, 11) is 4.91. The van der Waals surface area contributed by atoms with Crippen LogP contribution in [0.25, 0.3) is 6.08 Å². The van der Waals surface area contributed by atoms with Gasteiger partial charge in [-0.05, 0) is 59.4 Å².